The van der Waals surface area contributed by atoms with Gasteiger partial charge in [-0.2, -0.15) is 4.31 Å². The Morgan fingerprint density at radius 3 is 2.34 bits per heavy atom. The van der Waals surface area contributed by atoms with Crippen LogP contribution in [0.3, 0.4) is 0 Å². The first-order valence-electron chi connectivity index (χ1n) is 11.4. The molecule has 1 amide bonds. The second-order valence-corrected chi connectivity index (χ2v) is 10.5. The molecule has 35 heavy (non-hydrogen) atoms. The van der Waals surface area contributed by atoms with Crippen molar-refractivity contribution in [3.63, 3.8) is 0 Å². The number of aryl methyl sites for hydroxylation is 3. The number of nitrogens with one attached hydrogen (secondary N) is 1. The Bertz CT molecular complexity index is 1280. The molecule has 1 aromatic heterocycles. The largest absolute Gasteiger partial charge is 0.495 e. The highest BCUT2D eigenvalue weighted by Gasteiger charge is 2.37. The number of hydrogen-bond donors (Lipinski definition) is 1. The molecule has 3 aromatic rings. The summed E-state index contributed by atoms with van der Waals surface area (Å²) in [7, 11) is -2.18. The maximum Gasteiger partial charge on any atom is 0.248 e. The molecule has 0 saturated carbocycles. The highest BCUT2D eigenvalue weighted by molar-refractivity contribution is 7.89. The number of sulfonamides is 1. The third kappa shape index (κ3) is 5.09. The molecule has 1 atom stereocenters. The van der Waals surface area contributed by atoms with E-state index >= 15 is 0 Å². The Labute approximate surface area is 205 Å². The number of benzene rings is 2. The normalized spacial score (nSPS) is 16.1. The van der Waals surface area contributed by atoms with E-state index in [2.05, 4.69) is 10.5 Å². The van der Waals surface area contributed by atoms with Crippen molar-refractivity contribution in [2.75, 3.05) is 38.6 Å². The van der Waals surface area contributed by atoms with E-state index in [9.17, 15) is 13.2 Å². The number of carbonyl (C=O) groups excluding carboxylic acids is 1. The number of anilines is 1. The molecule has 10 heteroatoms. The topological polar surface area (TPSA) is 105 Å². The molecule has 1 aliphatic rings. The summed E-state index contributed by atoms with van der Waals surface area (Å²) < 4.78 is 38.4. The average Bonchev–Trinajstić information content (AvgIpc) is 3.19. The van der Waals surface area contributed by atoms with Crippen molar-refractivity contribution in [2.24, 2.45) is 0 Å². The molecular formula is C25H30N4O5S. The molecule has 2 heterocycles. The molecule has 1 saturated heterocycles. The van der Waals surface area contributed by atoms with Gasteiger partial charge < -0.3 is 14.6 Å². The van der Waals surface area contributed by atoms with Gasteiger partial charge in [0.05, 0.1) is 12.8 Å². The number of carbonyl (C=O) groups is 1. The Hall–Kier alpha value is -3.21. The van der Waals surface area contributed by atoms with E-state index < -0.39 is 16.1 Å². The number of aromatic nitrogens is 1. The van der Waals surface area contributed by atoms with Crippen LogP contribution in [0.15, 0.2) is 57.9 Å². The molecule has 0 unspecified atom stereocenters. The van der Waals surface area contributed by atoms with Gasteiger partial charge in [-0.05, 0) is 44.0 Å². The predicted molar refractivity (Wildman–Crippen MR) is 132 cm³/mol. The monoisotopic (exact) mass is 498 g/mol. The van der Waals surface area contributed by atoms with Crippen molar-refractivity contribution in [3.05, 3.63) is 71.1 Å². The Balaban J connectivity index is 1.57. The SMILES string of the molecule is COc1ccc(C)cc1NC(=O)[C@@H](c1ccccc1)N1CCN(S(=O)(=O)c2c(C)noc2C)CC1. The Morgan fingerprint density at radius 1 is 1.06 bits per heavy atom. The summed E-state index contributed by atoms with van der Waals surface area (Å²) in [5, 5.41) is 6.81. The lowest BCUT2D eigenvalue weighted by Crippen LogP contribution is -2.51. The lowest BCUT2D eigenvalue weighted by molar-refractivity contribution is -0.122. The lowest BCUT2D eigenvalue weighted by Gasteiger charge is -2.38. The van der Waals surface area contributed by atoms with Gasteiger partial charge >= 0.3 is 0 Å². The maximum atomic E-state index is 13.6. The minimum atomic E-state index is -3.74. The molecule has 0 bridgehead atoms. The van der Waals surface area contributed by atoms with Crippen molar-refractivity contribution in [1.29, 1.82) is 0 Å². The molecule has 186 valence electrons. The highest BCUT2D eigenvalue weighted by Crippen LogP contribution is 2.30. The van der Waals surface area contributed by atoms with Crippen LogP contribution in [0, 0.1) is 20.8 Å². The summed E-state index contributed by atoms with van der Waals surface area (Å²) >= 11 is 0. The van der Waals surface area contributed by atoms with Crippen LogP contribution in [-0.4, -0.2) is 62.0 Å². The summed E-state index contributed by atoms with van der Waals surface area (Å²) in [6, 6.07) is 14.5. The zero-order chi connectivity index (χ0) is 25.2. The number of hydrogen-bond acceptors (Lipinski definition) is 7. The summed E-state index contributed by atoms with van der Waals surface area (Å²) in [5.74, 6) is 0.645. The summed E-state index contributed by atoms with van der Waals surface area (Å²) in [5.41, 5.74) is 2.77. The Morgan fingerprint density at radius 2 is 1.74 bits per heavy atom. The molecule has 0 radical (unpaired) electrons. The van der Waals surface area contributed by atoms with E-state index in [0.717, 1.165) is 11.1 Å². The fourth-order valence-electron chi connectivity index (χ4n) is 4.46. The van der Waals surface area contributed by atoms with Crippen LogP contribution in [0.2, 0.25) is 0 Å². The maximum absolute atomic E-state index is 13.6. The van der Waals surface area contributed by atoms with Crippen molar-refractivity contribution >= 4 is 21.6 Å². The summed E-state index contributed by atoms with van der Waals surface area (Å²) in [4.78, 5) is 15.7. The fourth-order valence-corrected chi connectivity index (χ4v) is 6.17. The molecule has 0 spiro atoms. The molecule has 1 aliphatic heterocycles. The third-order valence-electron chi connectivity index (χ3n) is 6.18. The number of amides is 1. The van der Waals surface area contributed by atoms with Crippen molar-refractivity contribution < 1.29 is 22.5 Å². The van der Waals surface area contributed by atoms with Crippen LogP contribution in [0.25, 0.3) is 0 Å². The number of piperazine rings is 1. The second-order valence-electron chi connectivity index (χ2n) is 8.60. The number of rotatable bonds is 7. The van der Waals surface area contributed by atoms with Gasteiger partial charge in [-0.3, -0.25) is 9.69 Å². The van der Waals surface area contributed by atoms with E-state index in [1.165, 1.54) is 4.31 Å². The minimum absolute atomic E-state index is 0.120. The van der Waals surface area contributed by atoms with Gasteiger partial charge in [0.15, 0.2) is 5.76 Å². The van der Waals surface area contributed by atoms with E-state index in [1.807, 2.05) is 60.4 Å². The van der Waals surface area contributed by atoms with Crippen molar-refractivity contribution in [2.45, 2.75) is 31.7 Å². The van der Waals surface area contributed by atoms with Gasteiger partial charge in [-0.25, -0.2) is 8.42 Å². The summed E-state index contributed by atoms with van der Waals surface area (Å²) in [6.07, 6.45) is 0. The minimum Gasteiger partial charge on any atom is -0.495 e. The van der Waals surface area contributed by atoms with Crippen LogP contribution >= 0.6 is 0 Å². The van der Waals surface area contributed by atoms with Gasteiger partial charge in [-0.1, -0.05) is 41.6 Å². The van der Waals surface area contributed by atoms with E-state index in [-0.39, 0.29) is 29.7 Å². The van der Waals surface area contributed by atoms with E-state index in [4.69, 9.17) is 9.26 Å². The zero-order valence-corrected chi connectivity index (χ0v) is 21.1. The molecule has 4 rings (SSSR count). The first-order chi connectivity index (χ1) is 16.7. The van der Waals surface area contributed by atoms with Gasteiger partial charge in [0.2, 0.25) is 15.9 Å². The standard InChI is InChI=1S/C25H30N4O5S/c1-17-10-11-22(33-4)21(16-17)26-25(30)23(20-8-6-5-7-9-20)28-12-14-29(15-13-28)35(31,32)24-18(2)27-34-19(24)3/h5-11,16,23H,12-15H2,1-4H3,(H,26,30)/t23-/m1/s1. The number of ether oxygens (including phenoxy) is 1. The predicted octanol–water partition coefficient (Wildman–Crippen LogP) is 3.29. The van der Waals surface area contributed by atoms with Crippen LogP contribution < -0.4 is 10.1 Å². The molecule has 1 fully saturated rings. The molecule has 0 aliphatic carbocycles. The molecule has 2 aromatic carbocycles. The molecule has 9 nitrogen and oxygen atoms in total. The van der Waals surface area contributed by atoms with Crippen LogP contribution in [0.5, 0.6) is 5.75 Å². The third-order valence-corrected chi connectivity index (χ3v) is 8.32. The van der Waals surface area contributed by atoms with Gasteiger partial charge in [0.1, 0.15) is 22.4 Å². The quantitative estimate of drug-likeness (QED) is 0.533. The molecule has 1 N–H and O–H groups in total. The van der Waals surface area contributed by atoms with Gasteiger partial charge in [0.25, 0.3) is 0 Å². The summed E-state index contributed by atoms with van der Waals surface area (Å²) in [6.45, 7) is 6.43. The van der Waals surface area contributed by atoms with Gasteiger partial charge in [-0.15, -0.1) is 0 Å². The first kappa shape index (κ1) is 24.9. The highest BCUT2D eigenvalue weighted by atomic mass is 32.2. The van der Waals surface area contributed by atoms with Crippen LogP contribution in [0.4, 0.5) is 5.69 Å². The lowest BCUT2D eigenvalue weighted by atomic mass is 10.0. The number of nitrogens with zero attached hydrogens (tertiary/aromatic N) is 3. The van der Waals surface area contributed by atoms with Crippen molar-refractivity contribution in [3.8, 4) is 5.75 Å². The smallest absolute Gasteiger partial charge is 0.248 e. The van der Waals surface area contributed by atoms with Crippen LogP contribution in [0.1, 0.15) is 28.6 Å². The van der Waals surface area contributed by atoms with Gasteiger partial charge in [0, 0.05) is 26.2 Å². The second kappa shape index (κ2) is 10.2. The van der Waals surface area contributed by atoms with E-state index in [0.29, 0.717) is 30.2 Å². The van der Waals surface area contributed by atoms with E-state index in [1.54, 1.807) is 21.0 Å². The van der Waals surface area contributed by atoms with Crippen LogP contribution in [-0.2, 0) is 14.8 Å². The Kier molecular flexibility index (Phi) is 7.25. The average molecular weight is 499 g/mol. The number of methoxy groups -OCH3 is 1. The fraction of sp³-hybridized carbons (Fsp3) is 0.360. The van der Waals surface area contributed by atoms with Crippen molar-refractivity contribution in [1.82, 2.24) is 14.4 Å². The zero-order valence-electron chi connectivity index (χ0n) is 20.3. The first-order valence-corrected chi connectivity index (χ1v) is 12.8. The molecular weight excluding hydrogens is 468 g/mol.